The average Bonchev–Trinajstić information content (AvgIpc) is 2.49. The molecule has 1 aliphatic heterocycles. The third-order valence-electron chi connectivity index (χ3n) is 4.45. The fraction of sp³-hybridized carbons (Fsp3) is 0.647. The van der Waals surface area contributed by atoms with Gasteiger partial charge in [0.15, 0.2) is 0 Å². The van der Waals surface area contributed by atoms with Gasteiger partial charge < -0.3 is 10.1 Å². The predicted octanol–water partition coefficient (Wildman–Crippen LogP) is 2.83. The number of benzene rings is 1. The molecule has 3 nitrogen and oxygen atoms in total. The summed E-state index contributed by atoms with van der Waals surface area (Å²) in [5, 5.41) is 3.41. The Hall–Kier alpha value is -0.970. The van der Waals surface area contributed by atoms with Gasteiger partial charge in [-0.05, 0) is 31.5 Å². The first-order valence-electron chi connectivity index (χ1n) is 7.88. The number of likely N-dealkylation sites (tertiary alicyclic amines) is 1. The SMILES string of the molecule is CCNC(CN1CCC(C)C(OC)C1)c1ccccc1F. The molecule has 0 radical (unpaired) electrons. The van der Waals surface area contributed by atoms with E-state index in [0.29, 0.717) is 5.92 Å². The van der Waals surface area contributed by atoms with Crippen LogP contribution in [0.25, 0.3) is 0 Å². The molecule has 1 N–H and O–H groups in total. The van der Waals surface area contributed by atoms with Crippen molar-refractivity contribution in [2.24, 2.45) is 5.92 Å². The second kappa shape index (κ2) is 7.87. The molecule has 3 atom stereocenters. The lowest BCUT2D eigenvalue weighted by atomic mass is 9.95. The molecule has 1 saturated heterocycles. The van der Waals surface area contributed by atoms with Gasteiger partial charge in [-0.15, -0.1) is 0 Å². The van der Waals surface area contributed by atoms with Crippen LogP contribution in [0.4, 0.5) is 4.39 Å². The first-order chi connectivity index (χ1) is 10.2. The summed E-state index contributed by atoms with van der Waals surface area (Å²) >= 11 is 0. The first kappa shape index (κ1) is 16.4. The third kappa shape index (κ3) is 4.25. The van der Waals surface area contributed by atoms with Gasteiger partial charge in [0.05, 0.1) is 6.10 Å². The van der Waals surface area contributed by atoms with Crippen LogP contribution in [0.5, 0.6) is 0 Å². The molecule has 1 aromatic rings. The molecule has 0 aromatic heterocycles. The zero-order chi connectivity index (χ0) is 15.2. The third-order valence-corrected chi connectivity index (χ3v) is 4.45. The molecule has 21 heavy (non-hydrogen) atoms. The van der Waals surface area contributed by atoms with Crippen LogP contribution in [-0.2, 0) is 4.74 Å². The Morgan fingerprint density at radius 1 is 1.43 bits per heavy atom. The molecule has 0 bridgehead atoms. The summed E-state index contributed by atoms with van der Waals surface area (Å²) in [7, 11) is 1.78. The van der Waals surface area contributed by atoms with Gasteiger partial charge in [0.2, 0.25) is 0 Å². The van der Waals surface area contributed by atoms with Crippen LogP contribution in [0.3, 0.4) is 0 Å². The average molecular weight is 294 g/mol. The minimum absolute atomic E-state index is 0.0297. The second-order valence-corrected chi connectivity index (χ2v) is 5.93. The van der Waals surface area contributed by atoms with E-state index in [1.165, 1.54) is 6.07 Å². The molecule has 1 heterocycles. The number of likely N-dealkylation sites (N-methyl/N-ethyl adjacent to an activating group) is 1. The monoisotopic (exact) mass is 294 g/mol. The van der Waals surface area contributed by atoms with Gasteiger partial charge in [-0.2, -0.15) is 0 Å². The van der Waals surface area contributed by atoms with Crippen molar-refractivity contribution < 1.29 is 9.13 Å². The smallest absolute Gasteiger partial charge is 0.128 e. The first-order valence-corrected chi connectivity index (χ1v) is 7.88. The van der Waals surface area contributed by atoms with Crippen LogP contribution in [-0.4, -0.2) is 44.3 Å². The molecule has 0 aliphatic carbocycles. The summed E-state index contributed by atoms with van der Waals surface area (Å²) in [5.74, 6) is 0.467. The van der Waals surface area contributed by atoms with E-state index in [1.54, 1.807) is 13.2 Å². The summed E-state index contributed by atoms with van der Waals surface area (Å²) < 4.78 is 19.6. The lowest BCUT2D eigenvalue weighted by molar-refractivity contribution is -0.00754. The van der Waals surface area contributed by atoms with Crippen molar-refractivity contribution in [1.82, 2.24) is 10.2 Å². The zero-order valence-corrected chi connectivity index (χ0v) is 13.3. The molecular formula is C17H27FN2O. The van der Waals surface area contributed by atoms with Crippen molar-refractivity contribution in [3.05, 3.63) is 35.6 Å². The van der Waals surface area contributed by atoms with Crippen molar-refractivity contribution in [2.45, 2.75) is 32.4 Å². The van der Waals surface area contributed by atoms with Gasteiger partial charge in [0.25, 0.3) is 0 Å². The van der Waals surface area contributed by atoms with Crippen LogP contribution in [0, 0.1) is 11.7 Å². The molecule has 1 aromatic carbocycles. The molecular weight excluding hydrogens is 267 g/mol. The lowest BCUT2D eigenvalue weighted by Crippen LogP contribution is -2.46. The Balaban J connectivity index is 2.05. The number of hydrogen-bond acceptors (Lipinski definition) is 3. The van der Waals surface area contributed by atoms with E-state index < -0.39 is 0 Å². The molecule has 4 heteroatoms. The number of nitrogens with one attached hydrogen (secondary N) is 1. The van der Waals surface area contributed by atoms with E-state index in [2.05, 4.69) is 24.1 Å². The Morgan fingerprint density at radius 2 is 2.19 bits per heavy atom. The van der Waals surface area contributed by atoms with Crippen molar-refractivity contribution in [2.75, 3.05) is 33.3 Å². The molecule has 2 rings (SSSR count). The fourth-order valence-electron chi connectivity index (χ4n) is 3.11. The summed E-state index contributed by atoms with van der Waals surface area (Å²) in [6.07, 6.45) is 1.41. The highest BCUT2D eigenvalue weighted by molar-refractivity contribution is 5.21. The highest BCUT2D eigenvalue weighted by Crippen LogP contribution is 2.23. The molecule has 0 amide bonds. The van der Waals surface area contributed by atoms with Gasteiger partial charge in [-0.3, -0.25) is 4.90 Å². The van der Waals surface area contributed by atoms with Crippen molar-refractivity contribution in [3.8, 4) is 0 Å². The summed E-state index contributed by atoms with van der Waals surface area (Å²) in [4.78, 5) is 2.38. The highest BCUT2D eigenvalue weighted by atomic mass is 19.1. The Labute approximate surface area is 127 Å². The van der Waals surface area contributed by atoms with E-state index in [1.807, 2.05) is 12.1 Å². The van der Waals surface area contributed by atoms with Crippen molar-refractivity contribution in [3.63, 3.8) is 0 Å². The molecule has 0 saturated carbocycles. The van der Waals surface area contributed by atoms with E-state index in [0.717, 1.165) is 38.2 Å². The molecule has 3 unspecified atom stereocenters. The van der Waals surface area contributed by atoms with Gasteiger partial charge >= 0.3 is 0 Å². The van der Waals surface area contributed by atoms with Crippen molar-refractivity contribution >= 4 is 0 Å². The van der Waals surface area contributed by atoms with E-state index in [-0.39, 0.29) is 18.0 Å². The maximum absolute atomic E-state index is 14.0. The number of hydrogen-bond donors (Lipinski definition) is 1. The number of rotatable bonds is 6. The highest BCUT2D eigenvalue weighted by Gasteiger charge is 2.28. The zero-order valence-electron chi connectivity index (χ0n) is 13.3. The maximum atomic E-state index is 14.0. The van der Waals surface area contributed by atoms with Gasteiger partial charge in [-0.1, -0.05) is 32.0 Å². The second-order valence-electron chi connectivity index (χ2n) is 5.93. The predicted molar refractivity (Wildman–Crippen MR) is 83.8 cm³/mol. The van der Waals surface area contributed by atoms with Crippen LogP contribution in [0.15, 0.2) is 24.3 Å². The fourth-order valence-corrected chi connectivity index (χ4v) is 3.11. The minimum atomic E-state index is -0.128. The van der Waals surface area contributed by atoms with E-state index in [4.69, 9.17) is 4.74 Å². The number of piperidine rings is 1. The summed E-state index contributed by atoms with van der Waals surface area (Å²) in [6.45, 7) is 7.93. The molecule has 118 valence electrons. The number of nitrogens with zero attached hydrogens (tertiary/aromatic N) is 1. The number of halogens is 1. The van der Waals surface area contributed by atoms with Crippen LogP contribution < -0.4 is 5.32 Å². The summed E-state index contributed by atoms with van der Waals surface area (Å²) in [6, 6.07) is 7.09. The summed E-state index contributed by atoms with van der Waals surface area (Å²) in [5.41, 5.74) is 0.756. The van der Waals surface area contributed by atoms with Gasteiger partial charge in [0.1, 0.15) is 5.82 Å². The van der Waals surface area contributed by atoms with Crippen LogP contribution in [0.2, 0.25) is 0 Å². The minimum Gasteiger partial charge on any atom is -0.380 e. The van der Waals surface area contributed by atoms with Gasteiger partial charge in [-0.25, -0.2) is 4.39 Å². The van der Waals surface area contributed by atoms with Crippen LogP contribution in [0.1, 0.15) is 31.9 Å². The van der Waals surface area contributed by atoms with Crippen LogP contribution >= 0.6 is 0 Å². The largest absolute Gasteiger partial charge is 0.380 e. The standard InChI is InChI=1S/C17H27FN2O/c1-4-19-16(14-7-5-6-8-15(14)18)11-20-10-9-13(2)17(12-20)21-3/h5-8,13,16-17,19H,4,9-12H2,1-3H3. The van der Waals surface area contributed by atoms with Crippen molar-refractivity contribution in [1.29, 1.82) is 0 Å². The van der Waals surface area contributed by atoms with Gasteiger partial charge in [0, 0.05) is 31.8 Å². The van der Waals surface area contributed by atoms with E-state index >= 15 is 0 Å². The molecule has 1 fully saturated rings. The Kier molecular flexibility index (Phi) is 6.15. The Morgan fingerprint density at radius 3 is 2.86 bits per heavy atom. The lowest BCUT2D eigenvalue weighted by Gasteiger charge is -2.38. The maximum Gasteiger partial charge on any atom is 0.128 e. The normalized spacial score (nSPS) is 25.0. The number of methoxy groups -OCH3 is 1. The molecule has 0 spiro atoms. The Bertz CT molecular complexity index is 441. The quantitative estimate of drug-likeness (QED) is 0.873. The molecule has 1 aliphatic rings. The number of ether oxygens (including phenoxy) is 1. The van der Waals surface area contributed by atoms with E-state index in [9.17, 15) is 4.39 Å². The topological polar surface area (TPSA) is 24.5 Å².